The monoisotopic (exact) mass is 317 g/mol. The second-order valence-electron chi connectivity index (χ2n) is 4.60. The molecule has 2 N–H and O–H groups in total. The molecule has 0 aliphatic heterocycles. The van der Waals surface area contributed by atoms with Gasteiger partial charge in [-0.15, -0.1) is 0 Å². The van der Waals surface area contributed by atoms with Crippen LogP contribution in [0.25, 0.3) is 0 Å². The first-order valence-electron chi connectivity index (χ1n) is 7.00. The van der Waals surface area contributed by atoms with Crippen molar-refractivity contribution in [2.45, 2.75) is 12.7 Å². The van der Waals surface area contributed by atoms with Crippen LogP contribution >= 0.6 is 11.6 Å². The second kappa shape index (κ2) is 11.9. The minimum atomic E-state index is -0.531. The number of methoxy groups -OCH3 is 1. The zero-order chi connectivity index (χ0) is 15.3. The zero-order valence-electron chi connectivity index (χ0n) is 12.4. The molecule has 0 bridgehead atoms. The topological polar surface area (TPSA) is 60.0 Å². The number of aliphatic hydroxyl groups excluding tert-OH is 1. The molecule has 120 valence electrons. The highest BCUT2D eigenvalue weighted by molar-refractivity contribution is 6.30. The van der Waals surface area contributed by atoms with E-state index in [2.05, 4.69) is 5.32 Å². The van der Waals surface area contributed by atoms with Crippen LogP contribution < -0.4 is 5.32 Å². The molecule has 1 aromatic carbocycles. The van der Waals surface area contributed by atoms with E-state index in [4.69, 9.17) is 25.8 Å². The molecule has 0 heterocycles. The van der Waals surface area contributed by atoms with E-state index < -0.39 is 6.10 Å². The number of benzene rings is 1. The van der Waals surface area contributed by atoms with Crippen LogP contribution in [-0.4, -0.2) is 57.8 Å². The number of rotatable bonds is 12. The third kappa shape index (κ3) is 9.79. The molecule has 0 spiro atoms. The minimum absolute atomic E-state index is 0.292. The maximum absolute atomic E-state index is 9.74. The third-order valence-corrected chi connectivity index (χ3v) is 2.98. The zero-order valence-corrected chi connectivity index (χ0v) is 13.1. The van der Waals surface area contributed by atoms with Gasteiger partial charge < -0.3 is 24.6 Å². The van der Waals surface area contributed by atoms with Crippen LogP contribution in [-0.2, 0) is 20.8 Å². The van der Waals surface area contributed by atoms with Crippen LogP contribution in [0.1, 0.15) is 5.56 Å². The van der Waals surface area contributed by atoms with Gasteiger partial charge in [-0.25, -0.2) is 0 Å². The molecule has 1 atom stereocenters. The molecule has 0 aromatic heterocycles. The molecule has 6 heteroatoms. The predicted molar refractivity (Wildman–Crippen MR) is 82.7 cm³/mol. The van der Waals surface area contributed by atoms with Crippen LogP contribution in [0.15, 0.2) is 24.3 Å². The summed E-state index contributed by atoms with van der Waals surface area (Å²) in [6, 6.07) is 7.46. The number of ether oxygens (including phenoxy) is 3. The number of halogens is 1. The lowest BCUT2D eigenvalue weighted by Gasteiger charge is -2.12. The van der Waals surface area contributed by atoms with E-state index in [1.54, 1.807) is 7.11 Å². The van der Waals surface area contributed by atoms with Crippen molar-refractivity contribution in [1.29, 1.82) is 0 Å². The predicted octanol–water partition coefficient (Wildman–Crippen LogP) is 1.47. The first-order chi connectivity index (χ1) is 10.2. The lowest BCUT2D eigenvalue weighted by molar-refractivity contribution is 0.0269. The van der Waals surface area contributed by atoms with E-state index in [0.29, 0.717) is 51.1 Å². The Kier molecular flexibility index (Phi) is 10.4. The van der Waals surface area contributed by atoms with Crippen molar-refractivity contribution in [2.75, 3.05) is 46.6 Å². The van der Waals surface area contributed by atoms with E-state index in [9.17, 15) is 5.11 Å². The van der Waals surface area contributed by atoms with Gasteiger partial charge in [-0.2, -0.15) is 0 Å². The number of nitrogens with one attached hydrogen (secondary N) is 1. The minimum Gasteiger partial charge on any atom is -0.389 e. The van der Waals surface area contributed by atoms with Crippen LogP contribution in [0.4, 0.5) is 0 Å². The van der Waals surface area contributed by atoms with E-state index in [-0.39, 0.29) is 0 Å². The summed E-state index contributed by atoms with van der Waals surface area (Å²) in [5.41, 5.74) is 1.03. The van der Waals surface area contributed by atoms with Crippen molar-refractivity contribution in [2.24, 2.45) is 0 Å². The molecule has 1 unspecified atom stereocenters. The molecule has 0 aliphatic carbocycles. The quantitative estimate of drug-likeness (QED) is 0.572. The van der Waals surface area contributed by atoms with Crippen LogP contribution in [0, 0.1) is 0 Å². The maximum atomic E-state index is 9.74. The standard InChI is InChI=1S/C15H24ClNO4/c1-19-8-9-20-7-6-17-10-15(18)12-21-11-13-2-4-14(16)5-3-13/h2-5,15,17-18H,6-12H2,1H3. The van der Waals surface area contributed by atoms with Crippen molar-refractivity contribution in [1.82, 2.24) is 5.32 Å². The average molecular weight is 318 g/mol. The Morgan fingerprint density at radius 1 is 1.14 bits per heavy atom. The molecule has 5 nitrogen and oxygen atoms in total. The Bertz CT molecular complexity index is 361. The van der Waals surface area contributed by atoms with E-state index >= 15 is 0 Å². The molecule has 0 saturated heterocycles. The largest absolute Gasteiger partial charge is 0.389 e. The van der Waals surface area contributed by atoms with Gasteiger partial charge in [0.25, 0.3) is 0 Å². The van der Waals surface area contributed by atoms with Crippen molar-refractivity contribution < 1.29 is 19.3 Å². The first-order valence-corrected chi connectivity index (χ1v) is 7.38. The summed E-state index contributed by atoms with van der Waals surface area (Å²) in [5.74, 6) is 0. The van der Waals surface area contributed by atoms with Crippen molar-refractivity contribution in [3.05, 3.63) is 34.9 Å². The third-order valence-electron chi connectivity index (χ3n) is 2.73. The highest BCUT2D eigenvalue weighted by Crippen LogP contribution is 2.10. The summed E-state index contributed by atoms with van der Waals surface area (Å²) in [4.78, 5) is 0. The summed E-state index contributed by atoms with van der Waals surface area (Å²) in [7, 11) is 1.64. The second-order valence-corrected chi connectivity index (χ2v) is 5.04. The van der Waals surface area contributed by atoms with Crippen molar-refractivity contribution in [3.63, 3.8) is 0 Å². The Hall–Kier alpha value is -0.690. The Morgan fingerprint density at radius 3 is 2.62 bits per heavy atom. The molecule has 0 radical (unpaired) electrons. The number of aliphatic hydroxyl groups is 1. The Labute approximate surface area is 131 Å². The van der Waals surface area contributed by atoms with Crippen LogP contribution in [0.5, 0.6) is 0 Å². The summed E-state index contributed by atoms with van der Waals surface area (Å²) >= 11 is 5.80. The van der Waals surface area contributed by atoms with Gasteiger partial charge in [0.2, 0.25) is 0 Å². The highest BCUT2D eigenvalue weighted by Gasteiger charge is 2.04. The van der Waals surface area contributed by atoms with Crippen LogP contribution in [0.2, 0.25) is 5.02 Å². The van der Waals surface area contributed by atoms with E-state index in [1.165, 1.54) is 0 Å². The molecular weight excluding hydrogens is 294 g/mol. The van der Waals surface area contributed by atoms with Gasteiger partial charge in [0.1, 0.15) is 0 Å². The molecule has 0 amide bonds. The summed E-state index contributed by atoms with van der Waals surface area (Å²) in [6.07, 6.45) is -0.531. The smallest absolute Gasteiger partial charge is 0.0897 e. The van der Waals surface area contributed by atoms with E-state index in [0.717, 1.165) is 5.56 Å². The SMILES string of the molecule is COCCOCCNCC(O)COCc1ccc(Cl)cc1. The molecule has 0 saturated carbocycles. The summed E-state index contributed by atoms with van der Waals surface area (Å²) < 4.78 is 15.6. The number of hydrogen-bond acceptors (Lipinski definition) is 5. The lowest BCUT2D eigenvalue weighted by Crippen LogP contribution is -2.32. The van der Waals surface area contributed by atoms with Gasteiger partial charge in [0.15, 0.2) is 0 Å². The summed E-state index contributed by atoms with van der Waals surface area (Å²) in [6.45, 7) is 3.72. The van der Waals surface area contributed by atoms with Gasteiger partial charge >= 0.3 is 0 Å². The normalized spacial score (nSPS) is 12.5. The fourth-order valence-electron chi connectivity index (χ4n) is 1.61. The average Bonchev–Trinajstić information content (AvgIpc) is 2.48. The fraction of sp³-hybridized carbons (Fsp3) is 0.600. The summed E-state index contributed by atoms with van der Waals surface area (Å²) in [5, 5.41) is 13.6. The number of hydrogen-bond donors (Lipinski definition) is 2. The molecule has 1 rings (SSSR count). The van der Waals surface area contributed by atoms with Crippen LogP contribution in [0.3, 0.4) is 0 Å². The molecule has 0 fully saturated rings. The van der Waals surface area contributed by atoms with Crippen molar-refractivity contribution in [3.8, 4) is 0 Å². The molecule has 21 heavy (non-hydrogen) atoms. The van der Waals surface area contributed by atoms with Gasteiger partial charge in [0, 0.05) is 25.2 Å². The van der Waals surface area contributed by atoms with Crippen molar-refractivity contribution >= 4 is 11.6 Å². The Balaban J connectivity index is 1.96. The Morgan fingerprint density at radius 2 is 1.90 bits per heavy atom. The molecule has 0 aliphatic rings. The van der Waals surface area contributed by atoms with Gasteiger partial charge in [-0.1, -0.05) is 23.7 Å². The lowest BCUT2D eigenvalue weighted by atomic mass is 10.2. The first kappa shape index (κ1) is 18.4. The molecule has 1 aromatic rings. The van der Waals surface area contributed by atoms with Gasteiger partial charge in [-0.05, 0) is 17.7 Å². The van der Waals surface area contributed by atoms with Gasteiger partial charge in [0.05, 0.1) is 39.1 Å². The fourth-order valence-corrected chi connectivity index (χ4v) is 1.74. The maximum Gasteiger partial charge on any atom is 0.0897 e. The van der Waals surface area contributed by atoms with Gasteiger partial charge in [-0.3, -0.25) is 0 Å². The van der Waals surface area contributed by atoms with E-state index in [1.807, 2.05) is 24.3 Å². The highest BCUT2D eigenvalue weighted by atomic mass is 35.5. The molecular formula is C15H24ClNO4.